The number of likely N-dealkylation sites (N-methyl/N-ethyl adjacent to an activating group) is 1. The number of nitrogens with one attached hydrogen (secondary N) is 1. The lowest BCUT2D eigenvalue weighted by Crippen LogP contribution is -2.45. The molecule has 0 aliphatic carbocycles. The van der Waals surface area contributed by atoms with Gasteiger partial charge in [0.05, 0.1) is 39.9 Å². The fraction of sp³-hybridized carbons (Fsp3) is 0.925. The Kier molecular flexibility index (Phi) is 32.6. The molecule has 0 radical (unpaired) electrons. The van der Waals surface area contributed by atoms with Crippen LogP contribution in [0.1, 0.15) is 187 Å². The normalized spacial score (nSPS) is 14.7. The predicted octanol–water partition coefficient (Wildman–Crippen LogP) is 10.8. The maximum atomic E-state index is 12.3. The van der Waals surface area contributed by atoms with Crippen molar-refractivity contribution in [3.63, 3.8) is 0 Å². The van der Waals surface area contributed by atoms with Gasteiger partial charge < -0.3 is 19.8 Å². The smallest absolute Gasteiger partial charge is 0.387 e. The van der Waals surface area contributed by atoms with Crippen molar-refractivity contribution >= 4 is 13.7 Å². The van der Waals surface area contributed by atoms with Gasteiger partial charge in [-0.3, -0.25) is 13.8 Å². The maximum Gasteiger partial charge on any atom is 0.472 e. The SMILES string of the molecule is CCCCCCCCCCCCCCCCCCCCCCCCCC/C=C/C(O)C(COP(=O)(O)OCC[N+](C)(C)C)NC(=O)CCC. The highest BCUT2D eigenvalue weighted by atomic mass is 31.2. The number of allylic oxidation sites excluding steroid dienone is 1. The molecule has 0 aromatic carbocycles. The molecule has 0 aliphatic rings. The number of quaternary nitrogens is 1. The number of nitrogens with zero attached hydrogens (tertiary/aromatic N) is 1. The number of phosphoric acid groups is 1. The largest absolute Gasteiger partial charge is 0.472 e. The number of amides is 1. The van der Waals surface area contributed by atoms with Crippen molar-refractivity contribution in [2.45, 2.75) is 199 Å². The Bertz CT molecular complexity index is 819. The zero-order valence-corrected chi connectivity index (χ0v) is 33.8. The molecule has 3 unspecified atom stereocenters. The Labute approximate surface area is 303 Å². The van der Waals surface area contributed by atoms with Gasteiger partial charge in [-0.2, -0.15) is 0 Å². The highest BCUT2D eigenvalue weighted by Gasteiger charge is 2.27. The van der Waals surface area contributed by atoms with E-state index in [4.69, 9.17) is 9.05 Å². The number of aliphatic hydroxyl groups is 1. The van der Waals surface area contributed by atoms with Gasteiger partial charge in [0, 0.05) is 6.42 Å². The first-order valence-corrected chi connectivity index (χ1v) is 22.1. The van der Waals surface area contributed by atoms with Crippen LogP contribution >= 0.6 is 7.82 Å². The van der Waals surface area contributed by atoms with E-state index in [2.05, 4.69) is 12.2 Å². The monoisotopic (exact) mass is 718 g/mol. The molecule has 0 saturated heterocycles. The van der Waals surface area contributed by atoms with Crippen LogP contribution < -0.4 is 5.32 Å². The topological polar surface area (TPSA) is 105 Å². The molecule has 292 valence electrons. The number of unbranched alkanes of at least 4 members (excludes halogenated alkanes) is 24. The summed E-state index contributed by atoms with van der Waals surface area (Å²) in [6, 6.07) is -0.836. The number of carbonyl (C=O) groups excluding carboxylic acids is 1. The predicted molar refractivity (Wildman–Crippen MR) is 208 cm³/mol. The first-order valence-electron chi connectivity index (χ1n) is 20.6. The highest BCUT2D eigenvalue weighted by molar-refractivity contribution is 7.47. The second kappa shape index (κ2) is 33.1. The second-order valence-electron chi connectivity index (χ2n) is 15.4. The fourth-order valence-corrected chi connectivity index (χ4v) is 6.70. The van der Waals surface area contributed by atoms with Crippen LogP contribution in [0.25, 0.3) is 0 Å². The molecule has 0 heterocycles. The number of aliphatic hydroxyl groups excluding tert-OH is 1. The molecule has 1 amide bonds. The van der Waals surface area contributed by atoms with Gasteiger partial charge in [-0.05, 0) is 19.3 Å². The molecule has 3 atom stereocenters. The van der Waals surface area contributed by atoms with Crippen molar-refractivity contribution in [3.05, 3.63) is 12.2 Å². The zero-order chi connectivity index (χ0) is 36.5. The van der Waals surface area contributed by atoms with Gasteiger partial charge in [0.1, 0.15) is 13.2 Å². The van der Waals surface area contributed by atoms with Crippen LogP contribution in [0, 0.1) is 0 Å². The number of hydrogen-bond acceptors (Lipinski definition) is 5. The first-order chi connectivity index (χ1) is 23.5. The van der Waals surface area contributed by atoms with E-state index in [0.29, 0.717) is 23.9 Å². The van der Waals surface area contributed by atoms with Crippen molar-refractivity contribution in [3.8, 4) is 0 Å². The summed E-state index contributed by atoms with van der Waals surface area (Å²) in [5, 5.41) is 13.4. The molecule has 0 spiro atoms. The molecule has 0 aromatic rings. The average molecular weight is 718 g/mol. The number of hydrogen-bond donors (Lipinski definition) is 3. The van der Waals surface area contributed by atoms with Gasteiger partial charge in [-0.1, -0.05) is 174 Å². The summed E-state index contributed by atoms with van der Waals surface area (Å²) in [5.74, 6) is -0.229. The third-order valence-electron chi connectivity index (χ3n) is 9.23. The summed E-state index contributed by atoms with van der Waals surface area (Å²) in [6.07, 6.45) is 37.4. The molecule has 0 saturated carbocycles. The number of carbonyl (C=O) groups is 1. The van der Waals surface area contributed by atoms with E-state index in [1.165, 1.54) is 141 Å². The van der Waals surface area contributed by atoms with E-state index < -0.39 is 20.0 Å². The van der Waals surface area contributed by atoms with Crippen molar-refractivity contribution in [2.75, 3.05) is 40.9 Å². The standard InChI is InChI=1S/C40H81N2O6P/c1-6-8-9-10-11-12-13-14-15-16-17-18-19-20-21-22-23-24-25-26-27-28-29-30-31-32-34-39(43)38(41-40(44)33-7-2)37-48-49(45,46)47-36-35-42(3,4)5/h32,34,38-39,43H,6-31,33,35-37H2,1-5H3,(H-,41,44,45,46)/p+1/b34-32+. The van der Waals surface area contributed by atoms with Crippen LogP contribution in [-0.4, -0.2) is 73.4 Å². The Morgan fingerprint density at radius 2 is 1.08 bits per heavy atom. The summed E-state index contributed by atoms with van der Waals surface area (Å²) >= 11 is 0. The molecular weight excluding hydrogens is 635 g/mol. The third kappa shape index (κ3) is 35.4. The average Bonchev–Trinajstić information content (AvgIpc) is 3.04. The lowest BCUT2D eigenvalue weighted by Gasteiger charge is -2.25. The third-order valence-corrected chi connectivity index (χ3v) is 10.2. The molecule has 0 rings (SSSR count). The lowest BCUT2D eigenvalue weighted by atomic mass is 10.0. The van der Waals surface area contributed by atoms with Crippen LogP contribution in [0.15, 0.2) is 12.2 Å². The van der Waals surface area contributed by atoms with Crippen LogP contribution in [0.5, 0.6) is 0 Å². The molecule has 9 heteroatoms. The zero-order valence-electron chi connectivity index (χ0n) is 32.9. The highest BCUT2D eigenvalue weighted by Crippen LogP contribution is 2.43. The summed E-state index contributed by atoms with van der Waals surface area (Å²) in [4.78, 5) is 22.2. The lowest BCUT2D eigenvalue weighted by molar-refractivity contribution is -0.870. The summed E-state index contributed by atoms with van der Waals surface area (Å²) in [6.45, 7) is 4.46. The van der Waals surface area contributed by atoms with Crippen molar-refractivity contribution < 1.29 is 32.9 Å². The molecule has 0 aliphatic heterocycles. The van der Waals surface area contributed by atoms with E-state index in [-0.39, 0.29) is 19.1 Å². The molecule has 0 aromatic heterocycles. The minimum atomic E-state index is -4.30. The van der Waals surface area contributed by atoms with Crippen molar-refractivity contribution in [1.29, 1.82) is 0 Å². The minimum absolute atomic E-state index is 0.0617. The van der Waals surface area contributed by atoms with Gasteiger partial charge in [-0.25, -0.2) is 4.57 Å². The Hall–Kier alpha value is -0.760. The van der Waals surface area contributed by atoms with Crippen LogP contribution in [0.4, 0.5) is 0 Å². The van der Waals surface area contributed by atoms with E-state index >= 15 is 0 Å². The van der Waals surface area contributed by atoms with E-state index in [1.807, 2.05) is 34.1 Å². The summed E-state index contributed by atoms with van der Waals surface area (Å²) in [5.41, 5.74) is 0. The molecular formula is C40H82N2O6P+. The molecule has 0 fully saturated rings. The Balaban J connectivity index is 3.82. The Morgan fingerprint density at radius 1 is 0.673 bits per heavy atom. The summed E-state index contributed by atoms with van der Waals surface area (Å²) in [7, 11) is 1.57. The van der Waals surface area contributed by atoms with Crippen LogP contribution in [0.3, 0.4) is 0 Å². The fourth-order valence-electron chi connectivity index (χ4n) is 5.97. The van der Waals surface area contributed by atoms with Gasteiger partial charge in [0.25, 0.3) is 0 Å². The molecule has 0 bridgehead atoms. The van der Waals surface area contributed by atoms with E-state index in [9.17, 15) is 19.4 Å². The number of phosphoric ester groups is 1. The minimum Gasteiger partial charge on any atom is -0.387 e. The molecule has 3 N–H and O–H groups in total. The quantitative estimate of drug-likeness (QED) is 0.0256. The first kappa shape index (κ1) is 48.2. The molecule has 49 heavy (non-hydrogen) atoms. The van der Waals surface area contributed by atoms with E-state index in [1.54, 1.807) is 6.08 Å². The second-order valence-corrected chi connectivity index (χ2v) is 16.8. The van der Waals surface area contributed by atoms with Gasteiger partial charge >= 0.3 is 7.82 Å². The van der Waals surface area contributed by atoms with Crippen LogP contribution in [-0.2, 0) is 18.4 Å². The van der Waals surface area contributed by atoms with Crippen LogP contribution in [0.2, 0.25) is 0 Å². The Morgan fingerprint density at radius 3 is 1.47 bits per heavy atom. The van der Waals surface area contributed by atoms with Gasteiger partial charge in [0.15, 0.2) is 0 Å². The molecule has 8 nitrogen and oxygen atoms in total. The van der Waals surface area contributed by atoms with Gasteiger partial charge in [-0.15, -0.1) is 0 Å². The van der Waals surface area contributed by atoms with Crippen molar-refractivity contribution in [2.24, 2.45) is 0 Å². The van der Waals surface area contributed by atoms with Gasteiger partial charge in [0.2, 0.25) is 5.91 Å². The van der Waals surface area contributed by atoms with E-state index in [0.717, 1.165) is 19.3 Å². The number of rotatable bonds is 37. The van der Waals surface area contributed by atoms with Crippen molar-refractivity contribution in [1.82, 2.24) is 5.32 Å². The summed E-state index contributed by atoms with van der Waals surface area (Å²) < 4.78 is 23.1. The maximum absolute atomic E-state index is 12.3.